The van der Waals surface area contributed by atoms with Crippen LogP contribution in [0.1, 0.15) is 30.4 Å². The SMILES string of the molecule is Cc1cccc([N+](=O)[O-])c1C=CN1CCCCC1. The molecule has 0 atom stereocenters. The van der Waals surface area contributed by atoms with E-state index in [0.29, 0.717) is 5.56 Å². The molecule has 4 nitrogen and oxygen atoms in total. The molecule has 1 aromatic carbocycles. The maximum Gasteiger partial charge on any atom is 0.276 e. The minimum atomic E-state index is -0.317. The predicted octanol–water partition coefficient (Wildman–Crippen LogP) is 3.36. The van der Waals surface area contributed by atoms with Crippen molar-refractivity contribution >= 4 is 11.8 Å². The van der Waals surface area contributed by atoms with E-state index in [2.05, 4.69) is 4.90 Å². The second-order valence-corrected chi connectivity index (χ2v) is 4.68. The molecule has 0 amide bonds. The lowest BCUT2D eigenvalue weighted by molar-refractivity contribution is -0.385. The van der Waals surface area contributed by atoms with Gasteiger partial charge in [0.05, 0.1) is 10.5 Å². The molecule has 4 heteroatoms. The molecule has 0 aliphatic carbocycles. The standard InChI is InChI=1S/C14H18N2O2/c1-12-6-5-7-14(16(17)18)13(12)8-11-15-9-3-2-4-10-15/h5-8,11H,2-4,9-10H2,1H3. The molecule has 2 rings (SSSR count). The Kier molecular flexibility index (Phi) is 3.97. The number of nitrogens with zero attached hydrogens (tertiary/aromatic N) is 2. The van der Waals surface area contributed by atoms with Crippen molar-refractivity contribution in [3.05, 3.63) is 45.6 Å². The molecule has 1 aliphatic heterocycles. The Labute approximate surface area is 107 Å². The van der Waals surface area contributed by atoms with Gasteiger partial charge in [0.2, 0.25) is 0 Å². The summed E-state index contributed by atoms with van der Waals surface area (Å²) < 4.78 is 0. The minimum Gasteiger partial charge on any atom is -0.377 e. The summed E-state index contributed by atoms with van der Waals surface area (Å²) in [7, 11) is 0. The Bertz CT molecular complexity index is 463. The highest BCUT2D eigenvalue weighted by molar-refractivity contribution is 5.64. The summed E-state index contributed by atoms with van der Waals surface area (Å²) in [6.07, 6.45) is 7.57. The minimum absolute atomic E-state index is 0.184. The summed E-state index contributed by atoms with van der Waals surface area (Å²) in [6.45, 7) is 4.01. The Morgan fingerprint density at radius 1 is 1.28 bits per heavy atom. The highest BCUT2D eigenvalue weighted by Crippen LogP contribution is 2.23. The van der Waals surface area contributed by atoms with Crippen LogP contribution in [0.25, 0.3) is 6.08 Å². The fourth-order valence-electron chi connectivity index (χ4n) is 2.29. The monoisotopic (exact) mass is 246 g/mol. The van der Waals surface area contributed by atoms with Crippen molar-refractivity contribution < 1.29 is 4.92 Å². The van der Waals surface area contributed by atoms with Crippen LogP contribution in [0, 0.1) is 17.0 Å². The highest BCUT2D eigenvalue weighted by atomic mass is 16.6. The number of rotatable bonds is 3. The van der Waals surface area contributed by atoms with E-state index in [1.54, 1.807) is 12.1 Å². The normalized spacial score (nSPS) is 16.2. The number of hydrogen-bond donors (Lipinski definition) is 0. The van der Waals surface area contributed by atoms with E-state index >= 15 is 0 Å². The van der Waals surface area contributed by atoms with E-state index in [-0.39, 0.29) is 10.6 Å². The summed E-state index contributed by atoms with van der Waals surface area (Å²) in [6, 6.07) is 5.19. The van der Waals surface area contributed by atoms with Crippen LogP contribution in [-0.2, 0) is 0 Å². The maximum absolute atomic E-state index is 11.0. The number of nitro groups is 1. The Hall–Kier alpha value is -1.84. The summed E-state index contributed by atoms with van der Waals surface area (Å²) >= 11 is 0. The quantitative estimate of drug-likeness (QED) is 0.607. The van der Waals surface area contributed by atoms with Gasteiger partial charge in [-0.1, -0.05) is 12.1 Å². The summed E-state index contributed by atoms with van der Waals surface area (Å²) in [5, 5.41) is 11.0. The highest BCUT2D eigenvalue weighted by Gasteiger charge is 2.13. The molecule has 1 aromatic rings. The third-order valence-electron chi connectivity index (χ3n) is 3.34. The average molecular weight is 246 g/mol. The first kappa shape index (κ1) is 12.6. The molecule has 0 aromatic heterocycles. The summed E-state index contributed by atoms with van der Waals surface area (Å²) in [5.74, 6) is 0. The van der Waals surface area contributed by atoms with Gasteiger partial charge in [0, 0.05) is 19.2 Å². The molecular weight excluding hydrogens is 228 g/mol. The van der Waals surface area contributed by atoms with E-state index < -0.39 is 0 Å². The van der Waals surface area contributed by atoms with Gasteiger partial charge in [-0.15, -0.1) is 0 Å². The zero-order chi connectivity index (χ0) is 13.0. The molecule has 96 valence electrons. The lowest BCUT2D eigenvalue weighted by Crippen LogP contribution is -2.24. The molecule has 0 bridgehead atoms. The van der Waals surface area contributed by atoms with Gasteiger partial charge in [-0.2, -0.15) is 0 Å². The largest absolute Gasteiger partial charge is 0.377 e. The zero-order valence-electron chi connectivity index (χ0n) is 10.6. The Morgan fingerprint density at radius 3 is 2.67 bits per heavy atom. The number of benzene rings is 1. The molecule has 1 aliphatic rings. The first-order valence-corrected chi connectivity index (χ1v) is 6.35. The van der Waals surface area contributed by atoms with Gasteiger partial charge < -0.3 is 4.90 Å². The third-order valence-corrected chi connectivity index (χ3v) is 3.34. The van der Waals surface area contributed by atoms with Gasteiger partial charge in [0.1, 0.15) is 0 Å². The lowest BCUT2D eigenvalue weighted by atomic mass is 10.1. The fraction of sp³-hybridized carbons (Fsp3) is 0.429. The van der Waals surface area contributed by atoms with Crippen LogP contribution >= 0.6 is 0 Å². The second kappa shape index (κ2) is 5.67. The number of likely N-dealkylation sites (tertiary alicyclic amines) is 1. The van der Waals surface area contributed by atoms with Crippen molar-refractivity contribution in [2.75, 3.05) is 13.1 Å². The zero-order valence-corrected chi connectivity index (χ0v) is 10.6. The van der Waals surface area contributed by atoms with Crippen LogP contribution in [0.4, 0.5) is 5.69 Å². The van der Waals surface area contributed by atoms with E-state index in [4.69, 9.17) is 0 Å². The second-order valence-electron chi connectivity index (χ2n) is 4.68. The van der Waals surface area contributed by atoms with Crippen molar-refractivity contribution in [1.82, 2.24) is 4.90 Å². The van der Waals surface area contributed by atoms with Crippen molar-refractivity contribution in [3.8, 4) is 0 Å². The van der Waals surface area contributed by atoms with Crippen LogP contribution < -0.4 is 0 Å². The third kappa shape index (κ3) is 2.88. The molecule has 0 unspecified atom stereocenters. The average Bonchev–Trinajstić information content (AvgIpc) is 2.38. The number of nitro benzene ring substituents is 1. The van der Waals surface area contributed by atoms with Crippen molar-refractivity contribution in [1.29, 1.82) is 0 Å². The molecule has 1 saturated heterocycles. The molecule has 1 heterocycles. The van der Waals surface area contributed by atoms with Crippen molar-refractivity contribution in [2.45, 2.75) is 26.2 Å². The van der Waals surface area contributed by atoms with Gasteiger partial charge >= 0.3 is 0 Å². The van der Waals surface area contributed by atoms with E-state index in [1.807, 2.05) is 25.3 Å². The first-order valence-electron chi connectivity index (χ1n) is 6.35. The van der Waals surface area contributed by atoms with Gasteiger partial charge in [0.15, 0.2) is 0 Å². The van der Waals surface area contributed by atoms with Crippen LogP contribution in [0.2, 0.25) is 0 Å². The number of aryl methyl sites for hydroxylation is 1. The number of piperidine rings is 1. The van der Waals surface area contributed by atoms with Crippen LogP contribution in [0.15, 0.2) is 24.4 Å². The van der Waals surface area contributed by atoms with Gasteiger partial charge in [0.25, 0.3) is 5.69 Å². The van der Waals surface area contributed by atoms with Crippen LogP contribution in [0.5, 0.6) is 0 Å². The lowest BCUT2D eigenvalue weighted by Gasteiger charge is -2.24. The van der Waals surface area contributed by atoms with Crippen molar-refractivity contribution in [2.24, 2.45) is 0 Å². The molecule has 0 saturated carbocycles. The Morgan fingerprint density at radius 2 is 2.00 bits per heavy atom. The van der Waals surface area contributed by atoms with E-state index in [9.17, 15) is 10.1 Å². The molecular formula is C14H18N2O2. The van der Waals surface area contributed by atoms with Gasteiger partial charge in [-0.25, -0.2) is 0 Å². The topological polar surface area (TPSA) is 46.4 Å². The summed E-state index contributed by atoms with van der Waals surface area (Å²) in [5.41, 5.74) is 1.84. The van der Waals surface area contributed by atoms with Crippen molar-refractivity contribution in [3.63, 3.8) is 0 Å². The molecule has 1 fully saturated rings. The first-order chi connectivity index (χ1) is 8.68. The van der Waals surface area contributed by atoms with Gasteiger partial charge in [-0.3, -0.25) is 10.1 Å². The van der Waals surface area contributed by atoms with Crippen LogP contribution in [0.3, 0.4) is 0 Å². The van der Waals surface area contributed by atoms with Crippen LogP contribution in [-0.4, -0.2) is 22.9 Å². The molecule has 18 heavy (non-hydrogen) atoms. The molecule has 0 spiro atoms. The van der Waals surface area contributed by atoms with Gasteiger partial charge in [-0.05, 0) is 44.0 Å². The number of hydrogen-bond acceptors (Lipinski definition) is 3. The summed E-state index contributed by atoms with van der Waals surface area (Å²) in [4.78, 5) is 12.9. The smallest absolute Gasteiger partial charge is 0.276 e. The van der Waals surface area contributed by atoms with E-state index in [1.165, 1.54) is 19.3 Å². The maximum atomic E-state index is 11.0. The Balaban J connectivity index is 2.21. The molecule has 0 radical (unpaired) electrons. The molecule has 0 N–H and O–H groups in total. The van der Waals surface area contributed by atoms with E-state index in [0.717, 1.165) is 18.7 Å². The fourth-order valence-corrected chi connectivity index (χ4v) is 2.29. The predicted molar refractivity (Wildman–Crippen MR) is 72.3 cm³/mol.